The van der Waals surface area contributed by atoms with Gasteiger partial charge >= 0.3 is 23.9 Å². The highest BCUT2D eigenvalue weighted by molar-refractivity contribution is 5.33. The Morgan fingerprint density at radius 3 is 1.88 bits per heavy atom. The Bertz CT molecular complexity index is 1030. The van der Waals surface area contributed by atoms with Crippen molar-refractivity contribution < 1.29 is 70.2 Å². The van der Waals surface area contributed by atoms with Gasteiger partial charge < -0.3 is 21.7 Å². The van der Waals surface area contributed by atoms with E-state index in [1.165, 1.54) is 19.2 Å². The second kappa shape index (κ2) is 15.3. The Balaban J connectivity index is 0.00000800. The lowest BCUT2D eigenvalue weighted by molar-refractivity contribution is -0.687. The van der Waals surface area contributed by atoms with Crippen LogP contribution in [-0.2, 0) is 13.1 Å². The normalized spacial score (nSPS) is 12.9. The zero-order valence-corrected chi connectivity index (χ0v) is 23.5. The summed E-state index contributed by atoms with van der Waals surface area (Å²) in [6.07, 6.45) is 1.99. The molecule has 0 bridgehead atoms. The van der Waals surface area contributed by atoms with Crippen LogP contribution < -0.4 is 26.3 Å². The topological polar surface area (TPSA) is 18.0 Å². The number of hydrogen-bond donors (Lipinski definition) is 0. The number of alkyl halides is 9. The van der Waals surface area contributed by atoms with Crippen LogP contribution in [0, 0.1) is 5.82 Å². The second-order valence-electron chi connectivity index (χ2n) is 9.56. The van der Waals surface area contributed by atoms with E-state index in [9.17, 15) is 43.9 Å². The molecule has 230 valence electrons. The SMILES string of the molecule is COc1ccc(F)cc1C[n+]1ccn(CCCCCCCCCCCC(F)(F)C(F)(F)C(F)(F)C(F)(F)F)c1.[Br-]. The number of aryl methyl sites for hydroxylation is 1. The van der Waals surface area contributed by atoms with Gasteiger partial charge in [0, 0.05) is 12.0 Å². The average Bonchev–Trinajstić information content (AvgIpc) is 3.28. The lowest BCUT2D eigenvalue weighted by atomic mass is 9.97. The van der Waals surface area contributed by atoms with E-state index in [0.717, 1.165) is 44.2 Å². The van der Waals surface area contributed by atoms with Crippen LogP contribution >= 0.6 is 0 Å². The predicted octanol–water partition coefficient (Wildman–Crippen LogP) is 5.34. The van der Waals surface area contributed by atoms with Gasteiger partial charge in [0.1, 0.15) is 30.5 Å². The molecule has 0 saturated carbocycles. The molecule has 40 heavy (non-hydrogen) atoms. The van der Waals surface area contributed by atoms with Crippen LogP contribution in [0.2, 0.25) is 0 Å². The third-order valence-electron chi connectivity index (χ3n) is 6.46. The molecule has 0 amide bonds. The molecular weight excluding hydrogens is 626 g/mol. The maximum absolute atomic E-state index is 13.5. The minimum Gasteiger partial charge on any atom is -1.00 e. The molecule has 0 aliphatic heterocycles. The van der Waals surface area contributed by atoms with Crippen LogP contribution in [0.5, 0.6) is 5.75 Å². The molecule has 0 N–H and O–H groups in total. The highest BCUT2D eigenvalue weighted by Crippen LogP contribution is 2.54. The predicted molar refractivity (Wildman–Crippen MR) is 124 cm³/mol. The fraction of sp³-hybridized carbons (Fsp3) is 0.654. The quantitative estimate of drug-likeness (QED) is 0.127. The summed E-state index contributed by atoms with van der Waals surface area (Å²) in [5.74, 6) is -18.6. The van der Waals surface area contributed by atoms with Gasteiger partial charge in [-0.3, -0.25) is 0 Å². The minimum absolute atomic E-state index is 0. The van der Waals surface area contributed by atoms with Crippen LogP contribution in [0.25, 0.3) is 0 Å². The molecule has 14 heteroatoms. The number of aromatic nitrogens is 2. The number of halogens is 11. The first kappa shape index (κ1) is 36.0. The Morgan fingerprint density at radius 2 is 1.32 bits per heavy atom. The Hall–Kier alpha value is -1.99. The van der Waals surface area contributed by atoms with E-state index in [-0.39, 0.29) is 29.2 Å². The molecule has 1 heterocycles. The van der Waals surface area contributed by atoms with Gasteiger partial charge in [0.15, 0.2) is 0 Å². The third-order valence-corrected chi connectivity index (χ3v) is 6.46. The molecule has 2 aromatic rings. The van der Waals surface area contributed by atoms with Crippen molar-refractivity contribution in [3.8, 4) is 5.75 Å². The molecular formula is C26H33BrF10N2O. The van der Waals surface area contributed by atoms with Crippen LogP contribution in [0.4, 0.5) is 43.9 Å². The van der Waals surface area contributed by atoms with Crippen molar-refractivity contribution in [3.63, 3.8) is 0 Å². The lowest BCUT2D eigenvalue weighted by Crippen LogP contribution is -3.00. The average molecular weight is 659 g/mol. The summed E-state index contributed by atoms with van der Waals surface area (Å²) < 4.78 is 138. The van der Waals surface area contributed by atoms with Crippen molar-refractivity contribution >= 4 is 0 Å². The van der Waals surface area contributed by atoms with E-state index >= 15 is 0 Å². The molecule has 2 rings (SSSR count). The lowest BCUT2D eigenvalue weighted by Gasteiger charge is -2.33. The first-order chi connectivity index (χ1) is 18.1. The molecule has 0 saturated heterocycles. The number of ether oxygens (including phenoxy) is 1. The maximum atomic E-state index is 13.5. The van der Waals surface area contributed by atoms with Crippen LogP contribution in [0.1, 0.15) is 69.8 Å². The molecule has 0 radical (unpaired) electrons. The van der Waals surface area contributed by atoms with Gasteiger partial charge in [0.05, 0.1) is 13.7 Å². The summed E-state index contributed by atoms with van der Waals surface area (Å²) in [5, 5.41) is 0. The highest BCUT2D eigenvalue weighted by Gasteiger charge is 2.81. The smallest absolute Gasteiger partial charge is 0.460 e. The second-order valence-corrected chi connectivity index (χ2v) is 9.56. The summed E-state index contributed by atoms with van der Waals surface area (Å²) >= 11 is 0. The van der Waals surface area contributed by atoms with Crippen LogP contribution in [-0.4, -0.2) is 35.6 Å². The van der Waals surface area contributed by atoms with E-state index in [1.807, 2.05) is 27.9 Å². The number of methoxy groups -OCH3 is 1. The Morgan fingerprint density at radius 1 is 0.775 bits per heavy atom. The van der Waals surface area contributed by atoms with Crippen LogP contribution in [0.3, 0.4) is 0 Å². The molecule has 0 aliphatic rings. The van der Waals surface area contributed by atoms with Crippen molar-refractivity contribution in [1.29, 1.82) is 0 Å². The molecule has 0 spiro atoms. The monoisotopic (exact) mass is 658 g/mol. The van der Waals surface area contributed by atoms with E-state index < -0.39 is 36.8 Å². The van der Waals surface area contributed by atoms with Crippen molar-refractivity contribution in [2.75, 3.05) is 7.11 Å². The number of hydrogen-bond acceptors (Lipinski definition) is 1. The van der Waals surface area contributed by atoms with Crippen LogP contribution in [0.15, 0.2) is 36.9 Å². The van der Waals surface area contributed by atoms with E-state index in [4.69, 9.17) is 4.74 Å². The van der Waals surface area contributed by atoms with E-state index in [1.54, 1.807) is 6.07 Å². The molecule has 0 unspecified atom stereocenters. The number of rotatable bonds is 17. The van der Waals surface area contributed by atoms with Gasteiger partial charge in [-0.05, 0) is 37.5 Å². The molecule has 0 fully saturated rings. The van der Waals surface area contributed by atoms with Gasteiger partial charge in [-0.1, -0.05) is 38.5 Å². The first-order valence-corrected chi connectivity index (χ1v) is 12.7. The zero-order valence-electron chi connectivity index (χ0n) is 21.9. The minimum atomic E-state index is -6.82. The number of benzene rings is 1. The number of unbranched alkanes of at least 4 members (excludes halogenated alkanes) is 8. The van der Waals surface area contributed by atoms with Crippen molar-refractivity contribution in [1.82, 2.24) is 4.57 Å². The Kier molecular flexibility index (Phi) is 13.8. The van der Waals surface area contributed by atoms with Crippen molar-refractivity contribution in [2.24, 2.45) is 0 Å². The molecule has 0 aliphatic carbocycles. The van der Waals surface area contributed by atoms with Gasteiger partial charge in [0.2, 0.25) is 6.33 Å². The number of imidazole rings is 1. The van der Waals surface area contributed by atoms with Gasteiger partial charge in [-0.2, -0.15) is 39.5 Å². The Labute approximate surface area is 237 Å². The van der Waals surface area contributed by atoms with E-state index in [0.29, 0.717) is 25.1 Å². The first-order valence-electron chi connectivity index (χ1n) is 12.7. The summed E-state index contributed by atoms with van der Waals surface area (Å²) in [6, 6.07) is 4.34. The standard InChI is InChI=1S/C26H33F10N2O.BrH/c1-39-22-12-11-21(27)17-20(22)18-38-16-15-37(19-38)14-10-8-6-4-2-3-5-7-9-13-23(28,29)24(30,31)25(32,33)26(34,35)36;/h11-12,15-17,19H,2-10,13-14,18H2,1H3;1H/q+1;/p-1. The van der Waals surface area contributed by atoms with Crippen molar-refractivity contribution in [2.45, 2.75) is 101 Å². The highest BCUT2D eigenvalue weighted by atomic mass is 79.9. The molecule has 1 aromatic carbocycles. The molecule has 1 aromatic heterocycles. The fourth-order valence-corrected chi connectivity index (χ4v) is 4.18. The zero-order chi connectivity index (χ0) is 29.3. The fourth-order valence-electron chi connectivity index (χ4n) is 4.18. The molecule has 0 atom stereocenters. The largest absolute Gasteiger partial charge is 1.00 e. The number of nitrogens with zero attached hydrogens (tertiary/aromatic N) is 2. The summed E-state index contributed by atoms with van der Waals surface area (Å²) in [7, 11) is 1.52. The summed E-state index contributed by atoms with van der Waals surface area (Å²) in [6.45, 7) is 1.23. The summed E-state index contributed by atoms with van der Waals surface area (Å²) in [5.41, 5.74) is 0.718. The third kappa shape index (κ3) is 9.54. The molecule has 3 nitrogen and oxygen atoms in total. The van der Waals surface area contributed by atoms with Gasteiger partial charge in [0.25, 0.3) is 0 Å². The summed E-state index contributed by atoms with van der Waals surface area (Å²) in [4.78, 5) is 0. The van der Waals surface area contributed by atoms with Crippen molar-refractivity contribution in [3.05, 3.63) is 48.3 Å². The van der Waals surface area contributed by atoms with Gasteiger partial charge in [-0.15, -0.1) is 0 Å². The van der Waals surface area contributed by atoms with E-state index in [2.05, 4.69) is 0 Å². The maximum Gasteiger partial charge on any atom is 0.460 e. The van der Waals surface area contributed by atoms with Gasteiger partial charge in [-0.25, -0.2) is 13.5 Å².